The zero-order valence-corrected chi connectivity index (χ0v) is 19.3. The van der Waals surface area contributed by atoms with Gasteiger partial charge < -0.3 is 16.0 Å². The Labute approximate surface area is 199 Å². The van der Waals surface area contributed by atoms with Gasteiger partial charge in [-0.25, -0.2) is 4.68 Å². The van der Waals surface area contributed by atoms with Crippen molar-refractivity contribution in [3.8, 4) is 5.69 Å². The number of carbonyl (C=O) groups is 3. The summed E-state index contributed by atoms with van der Waals surface area (Å²) in [5.41, 5.74) is 1.09. The first-order valence-electron chi connectivity index (χ1n) is 9.83. The largest absolute Gasteiger partial charge is 0.345 e. The molecule has 0 saturated heterocycles. The van der Waals surface area contributed by atoms with Gasteiger partial charge in [-0.1, -0.05) is 41.4 Å². The van der Waals surface area contributed by atoms with Gasteiger partial charge in [-0.2, -0.15) is 0 Å². The van der Waals surface area contributed by atoms with Crippen LogP contribution in [-0.2, 0) is 16.6 Å². The van der Waals surface area contributed by atoms with E-state index in [0.717, 1.165) is 0 Å². The second-order valence-electron chi connectivity index (χ2n) is 7.07. The van der Waals surface area contributed by atoms with E-state index in [2.05, 4.69) is 16.0 Å². The van der Waals surface area contributed by atoms with E-state index in [9.17, 15) is 19.2 Å². The number of aromatic nitrogens is 2. The van der Waals surface area contributed by atoms with Gasteiger partial charge in [-0.3, -0.25) is 23.9 Å². The molecule has 11 heteroatoms. The van der Waals surface area contributed by atoms with E-state index in [1.54, 1.807) is 42.9 Å². The van der Waals surface area contributed by atoms with Crippen molar-refractivity contribution in [3.05, 3.63) is 80.2 Å². The number of hydrogen-bond donors (Lipinski definition) is 3. The molecule has 1 aromatic heterocycles. The number of nitrogens with one attached hydrogen (secondary N) is 3. The molecule has 33 heavy (non-hydrogen) atoms. The Morgan fingerprint density at radius 2 is 1.61 bits per heavy atom. The molecule has 0 saturated carbocycles. The SMILES string of the molecule is Cc1c(NC(=O)CNC(=O)CNC(=O)c2ccc(Cl)cc2Cl)c(=O)n(-c2ccccc2)n1C. The minimum atomic E-state index is -0.588. The summed E-state index contributed by atoms with van der Waals surface area (Å²) in [5, 5.41) is 7.88. The first kappa shape index (κ1) is 24.1. The molecule has 0 bridgehead atoms. The fraction of sp³-hybridized carbons (Fsp3) is 0.182. The highest BCUT2D eigenvalue weighted by Crippen LogP contribution is 2.20. The molecular weight excluding hydrogens is 469 g/mol. The minimum Gasteiger partial charge on any atom is -0.345 e. The topological polar surface area (TPSA) is 114 Å². The van der Waals surface area contributed by atoms with Gasteiger partial charge in [0.05, 0.1) is 35.1 Å². The van der Waals surface area contributed by atoms with E-state index in [0.29, 0.717) is 16.4 Å². The van der Waals surface area contributed by atoms with Crippen LogP contribution in [0.15, 0.2) is 53.3 Å². The molecule has 0 aliphatic heterocycles. The van der Waals surface area contributed by atoms with Gasteiger partial charge in [0.2, 0.25) is 11.8 Å². The molecule has 2 aromatic carbocycles. The molecule has 0 atom stereocenters. The first-order chi connectivity index (χ1) is 15.7. The van der Waals surface area contributed by atoms with Crippen LogP contribution in [0.4, 0.5) is 5.69 Å². The predicted octanol–water partition coefficient (Wildman–Crippen LogP) is 2.28. The fourth-order valence-corrected chi connectivity index (χ4v) is 3.56. The Bertz CT molecular complexity index is 1270. The van der Waals surface area contributed by atoms with Crippen LogP contribution in [0.5, 0.6) is 0 Å². The molecule has 3 aromatic rings. The summed E-state index contributed by atoms with van der Waals surface area (Å²) >= 11 is 11.8. The van der Waals surface area contributed by atoms with Crippen molar-refractivity contribution >= 4 is 46.6 Å². The Kier molecular flexibility index (Phi) is 7.57. The molecule has 0 unspecified atom stereocenters. The number of amides is 3. The van der Waals surface area contributed by atoms with E-state index < -0.39 is 23.3 Å². The summed E-state index contributed by atoms with van der Waals surface area (Å²) < 4.78 is 3.06. The molecule has 1 heterocycles. The van der Waals surface area contributed by atoms with Crippen LogP contribution in [-0.4, -0.2) is 40.2 Å². The molecule has 0 fully saturated rings. The second kappa shape index (κ2) is 10.4. The lowest BCUT2D eigenvalue weighted by Gasteiger charge is -2.08. The van der Waals surface area contributed by atoms with Crippen molar-refractivity contribution in [2.75, 3.05) is 18.4 Å². The van der Waals surface area contributed by atoms with Gasteiger partial charge in [-0.05, 0) is 37.3 Å². The Hall–Kier alpha value is -3.56. The lowest BCUT2D eigenvalue weighted by molar-refractivity contribution is -0.123. The Morgan fingerprint density at radius 1 is 0.939 bits per heavy atom. The monoisotopic (exact) mass is 489 g/mol. The third kappa shape index (κ3) is 5.63. The number of halogens is 2. The Balaban J connectivity index is 1.56. The summed E-state index contributed by atoms with van der Waals surface area (Å²) in [7, 11) is 1.71. The van der Waals surface area contributed by atoms with Crippen molar-refractivity contribution < 1.29 is 14.4 Å². The molecule has 0 aliphatic carbocycles. The van der Waals surface area contributed by atoms with Gasteiger partial charge in [0.25, 0.3) is 11.5 Å². The highest BCUT2D eigenvalue weighted by atomic mass is 35.5. The van der Waals surface area contributed by atoms with Gasteiger partial charge >= 0.3 is 0 Å². The molecule has 172 valence electrons. The van der Waals surface area contributed by atoms with Crippen molar-refractivity contribution in [2.45, 2.75) is 6.92 Å². The number of para-hydroxylation sites is 1. The number of hydrogen-bond acceptors (Lipinski definition) is 4. The van der Waals surface area contributed by atoms with Crippen LogP contribution in [0.25, 0.3) is 5.69 Å². The quantitative estimate of drug-likeness (QED) is 0.472. The van der Waals surface area contributed by atoms with Crippen LogP contribution in [0.3, 0.4) is 0 Å². The number of anilines is 1. The van der Waals surface area contributed by atoms with Gasteiger partial charge in [0, 0.05) is 12.1 Å². The van der Waals surface area contributed by atoms with Crippen LogP contribution >= 0.6 is 23.2 Å². The highest BCUT2D eigenvalue weighted by molar-refractivity contribution is 6.36. The lowest BCUT2D eigenvalue weighted by atomic mass is 10.2. The number of carbonyl (C=O) groups excluding carboxylic acids is 3. The number of nitrogens with zero attached hydrogens (tertiary/aromatic N) is 2. The van der Waals surface area contributed by atoms with Crippen LogP contribution in [0.1, 0.15) is 16.1 Å². The van der Waals surface area contributed by atoms with Crippen LogP contribution in [0.2, 0.25) is 10.0 Å². The predicted molar refractivity (Wildman–Crippen MR) is 126 cm³/mol. The van der Waals surface area contributed by atoms with E-state index in [1.807, 2.05) is 6.07 Å². The summed E-state index contributed by atoms with van der Waals surface area (Å²) in [5.74, 6) is -1.73. The molecule has 3 rings (SSSR count). The normalized spacial score (nSPS) is 10.5. The smallest absolute Gasteiger partial charge is 0.295 e. The van der Waals surface area contributed by atoms with Crippen molar-refractivity contribution in [2.24, 2.45) is 7.05 Å². The minimum absolute atomic E-state index is 0.117. The average Bonchev–Trinajstić information content (AvgIpc) is 2.99. The zero-order valence-electron chi connectivity index (χ0n) is 17.8. The van der Waals surface area contributed by atoms with Gasteiger partial charge in [-0.15, -0.1) is 0 Å². The zero-order chi connectivity index (χ0) is 24.1. The molecule has 9 nitrogen and oxygen atoms in total. The molecule has 0 aliphatic rings. The summed E-state index contributed by atoms with van der Waals surface area (Å²) in [6.07, 6.45) is 0. The number of benzene rings is 2. The second-order valence-corrected chi connectivity index (χ2v) is 7.91. The summed E-state index contributed by atoms with van der Waals surface area (Å²) in [6.45, 7) is 0.957. The van der Waals surface area contributed by atoms with Crippen LogP contribution in [0, 0.1) is 6.92 Å². The van der Waals surface area contributed by atoms with E-state index in [4.69, 9.17) is 23.2 Å². The Morgan fingerprint density at radius 3 is 2.27 bits per heavy atom. The maximum absolute atomic E-state index is 12.8. The van der Waals surface area contributed by atoms with E-state index in [1.165, 1.54) is 22.9 Å². The highest BCUT2D eigenvalue weighted by Gasteiger charge is 2.18. The summed E-state index contributed by atoms with van der Waals surface area (Å²) in [6, 6.07) is 13.4. The van der Waals surface area contributed by atoms with E-state index >= 15 is 0 Å². The fourth-order valence-electron chi connectivity index (χ4n) is 3.07. The third-order valence-corrected chi connectivity index (χ3v) is 5.40. The van der Waals surface area contributed by atoms with Gasteiger partial charge in [0.15, 0.2) is 0 Å². The van der Waals surface area contributed by atoms with Crippen LogP contribution < -0.4 is 21.5 Å². The average molecular weight is 490 g/mol. The lowest BCUT2D eigenvalue weighted by Crippen LogP contribution is -2.40. The van der Waals surface area contributed by atoms with E-state index in [-0.39, 0.29) is 29.4 Å². The number of rotatable bonds is 7. The molecule has 0 radical (unpaired) electrons. The van der Waals surface area contributed by atoms with Crippen molar-refractivity contribution in [1.82, 2.24) is 20.0 Å². The third-order valence-electron chi connectivity index (χ3n) is 4.85. The van der Waals surface area contributed by atoms with Crippen molar-refractivity contribution in [3.63, 3.8) is 0 Å². The first-order valence-corrected chi connectivity index (χ1v) is 10.6. The van der Waals surface area contributed by atoms with Crippen molar-refractivity contribution in [1.29, 1.82) is 0 Å². The maximum atomic E-state index is 12.8. The maximum Gasteiger partial charge on any atom is 0.295 e. The molecular formula is C22H21Cl2N5O4. The molecule has 3 amide bonds. The standard InChI is InChI=1S/C22H21Cl2N5O4/c1-13-20(22(33)29(28(13)2)15-6-4-3-5-7-15)27-19(31)12-25-18(30)11-26-21(32)16-9-8-14(23)10-17(16)24/h3-10H,11-12H2,1-2H3,(H,25,30)(H,26,32)(H,27,31). The summed E-state index contributed by atoms with van der Waals surface area (Å²) in [4.78, 5) is 49.3. The van der Waals surface area contributed by atoms with Gasteiger partial charge in [0.1, 0.15) is 5.69 Å². The molecule has 0 spiro atoms. The molecule has 3 N–H and O–H groups in total.